The highest BCUT2D eigenvalue weighted by Crippen LogP contribution is 2.29. The molecule has 0 unspecified atom stereocenters. The molecule has 0 bridgehead atoms. The normalized spacial score (nSPS) is 15.4. The molecule has 1 saturated heterocycles. The Morgan fingerprint density at radius 3 is 2.63 bits per heavy atom. The van der Waals surface area contributed by atoms with Crippen molar-refractivity contribution in [3.8, 4) is 0 Å². The van der Waals surface area contributed by atoms with Gasteiger partial charge in [0.15, 0.2) is 11.5 Å². The van der Waals surface area contributed by atoms with E-state index in [0.29, 0.717) is 26.2 Å². The van der Waals surface area contributed by atoms with Crippen molar-refractivity contribution < 1.29 is 14.0 Å². The van der Waals surface area contributed by atoms with Gasteiger partial charge in [0, 0.05) is 25.6 Å². The summed E-state index contributed by atoms with van der Waals surface area (Å²) in [6, 6.07) is 7.78. The van der Waals surface area contributed by atoms with Crippen LogP contribution >= 0.6 is 0 Å². The minimum atomic E-state index is -0.0400. The number of nitrogens with one attached hydrogen (secondary N) is 1. The van der Waals surface area contributed by atoms with Gasteiger partial charge in [-0.05, 0) is 38.4 Å². The number of para-hydroxylation sites is 2. The molecule has 0 aliphatic carbocycles. The van der Waals surface area contributed by atoms with Gasteiger partial charge < -0.3 is 14.6 Å². The van der Waals surface area contributed by atoms with Crippen molar-refractivity contribution in [1.29, 1.82) is 0 Å². The lowest BCUT2D eigenvalue weighted by molar-refractivity contribution is -0.134. The van der Waals surface area contributed by atoms with E-state index in [9.17, 15) is 9.59 Å². The molecule has 2 amide bonds. The number of benzene rings is 1. The molecule has 3 rings (SSSR count). The van der Waals surface area contributed by atoms with Crippen molar-refractivity contribution in [2.45, 2.75) is 32.6 Å². The molecule has 1 aliphatic heterocycles. The van der Waals surface area contributed by atoms with E-state index in [1.807, 2.05) is 47.9 Å². The van der Waals surface area contributed by atoms with Crippen molar-refractivity contribution in [3.05, 3.63) is 30.2 Å². The van der Waals surface area contributed by atoms with Crippen LogP contribution in [-0.4, -0.2) is 65.9 Å². The monoisotopic (exact) mass is 372 g/mol. The maximum absolute atomic E-state index is 12.6. The predicted molar refractivity (Wildman–Crippen MR) is 103 cm³/mol. The summed E-state index contributed by atoms with van der Waals surface area (Å²) < 4.78 is 5.88. The highest BCUT2D eigenvalue weighted by atomic mass is 16.3. The van der Waals surface area contributed by atoms with E-state index in [1.165, 1.54) is 0 Å². The summed E-state index contributed by atoms with van der Waals surface area (Å²) in [5.41, 5.74) is 1.70. The van der Waals surface area contributed by atoms with E-state index >= 15 is 0 Å². The van der Waals surface area contributed by atoms with Crippen LogP contribution in [0.1, 0.15) is 38.5 Å². The third kappa shape index (κ3) is 4.86. The second-order valence-electron chi connectivity index (χ2n) is 6.93. The number of likely N-dealkylation sites (N-methyl/N-ethyl adjacent to an activating group) is 2. The van der Waals surface area contributed by atoms with Crippen LogP contribution in [0, 0.1) is 0 Å². The first kappa shape index (κ1) is 19.4. The number of piperidine rings is 1. The van der Waals surface area contributed by atoms with Gasteiger partial charge in [-0.2, -0.15) is 0 Å². The molecule has 7 nitrogen and oxygen atoms in total. The molecule has 2 heterocycles. The van der Waals surface area contributed by atoms with Crippen LogP contribution in [0.4, 0.5) is 0 Å². The van der Waals surface area contributed by atoms with Gasteiger partial charge in [0.25, 0.3) is 0 Å². The largest absolute Gasteiger partial charge is 0.440 e. The number of nitrogens with zero attached hydrogens (tertiary/aromatic N) is 3. The van der Waals surface area contributed by atoms with E-state index in [-0.39, 0.29) is 30.8 Å². The van der Waals surface area contributed by atoms with Crippen LogP contribution in [-0.2, 0) is 9.59 Å². The average Bonchev–Trinajstić information content (AvgIpc) is 3.12. The minimum Gasteiger partial charge on any atom is -0.440 e. The Morgan fingerprint density at radius 1 is 1.22 bits per heavy atom. The number of likely N-dealkylation sites (tertiary alicyclic amines) is 1. The molecule has 0 atom stereocenters. The van der Waals surface area contributed by atoms with Gasteiger partial charge in [-0.15, -0.1) is 0 Å². The number of oxazole rings is 1. The molecule has 0 radical (unpaired) electrons. The number of hydrogen-bond acceptors (Lipinski definition) is 5. The molecule has 1 aromatic heterocycles. The van der Waals surface area contributed by atoms with Crippen molar-refractivity contribution in [2.24, 2.45) is 0 Å². The van der Waals surface area contributed by atoms with E-state index < -0.39 is 0 Å². The van der Waals surface area contributed by atoms with Crippen LogP contribution in [0.2, 0.25) is 0 Å². The Bertz CT molecular complexity index is 747. The van der Waals surface area contributed by atoms with Gasteiger partial charge in [0.1, 0.15) is 5.52 Å². The SMILES string of the molecule is CCNC(=O)CN(CC)CC(=O)N1CCC(c2nc3ccccc3o2)CC1. The topological polar surface area (TPSA) is 78.7 Å². The molecule has 1 aliphatic rings. The van der Waals surface area contributed by atoms with Gasteiger partial charge in [0.2, 0.25) is 11.8 Å². The Labute approximate surface area is 159 Å². The zero-order valence-corrected chi connectivity index (χ0v) is 16.1. The van der Waals surface area contributed by atoms with Crippen LogP contribution < -0.4 is 5.32 Å². The summed E-state index contributed by atoms with van der Waals surface area (Å²) in [6.45, 7) is 7.06. The maximum atomic E-state index is 12.6. The second kappa shape index (κ2) is 8.99. The zero-order chi connectivity index (χ0) is 19.2. The lowest BCUT2D eigenvalue weighted by Gasteiger charge is -2.32. The zero-order valence-electron chi connectivity index (χ0n) is 16.1. The standard InChI is InChI=1S/C20H28N4O3/c1-3-21-18(25)13-23(4-2)14-19(26)24-11-9-15(10-12-24)20-22-16-7-5-6-8-17(16)27-20/h5-8,15H,3-4,9-14H2,1-2H3,(H,21,25). The number of carbonyl (C=O) groups excluding carboxylic acids is 2. The number of fused-ring (bicyclic) bond motifs is 1. The fourth-order valence-corrected chi connectivity index (χ4v) is 3.47. The van der Waals surface area contributed by atoms with Crippen LogP contribution in [0.3, 0.4) is 0 Å². The molecular formula is C20H28N4O3. The number of amides is 2. The molecule has 2 aromatic rings. The molecule has 146 valence electrons. The fourth-order valence-electron chi connectivity index (χ4n) is 3.47. The van der Waals surface area contributed by atoms with Gasteiger partial charge >= 0.3 is 0 Å². The molecule has 0 spiro atoms. The first-order chi connectivity index (χ1) is 13.1. The molecular weight excluding hydrogens is 344 g/mol. The number of aromatic nitrogens is 1. The summed E-state index contributed by atoms with van der Waals surface area (Å²) in [7, 11) is 0. The maximum Gasteiger partial charge on any atom is 0.236 e. The van der Waals surface area contributed by atoms with Gasteiger partial charge in [-0.1, -0.05) is 19.1 Å². The first-order valence-electron chi connectivity index (χ1n) is 9.73. The molecule has 7 heteroatoms. The van der Waals surface area contributed by atoms with Crippen molar-refractivity contribution in [2.75, 3.05) is 39.3 Å². The van der Waals surface area contributed by atoms with E-state index in [0.717, 1.165) is 29.8 Å². The molecule has 1 aromatic carbocycles. The van der Waals surface area contributed by atoms with Gasteiger partial charge in [-0.25, -0.2) is 4.98 Å². The van der Waals surface area contributed by atoms with Crippen LogP contribution in [0.5, 0.6) is 0 Å². The predicted octanol–water partition coefficient (Wildman–Crippen LogP) is 1.99. The Balaban J connectivity index is 1.51. The molecule has 0 saturated carbocycles. The van der Waals surface area contributed by atoms with Crippen molar-refractivity contribution >= 4 is 22.9 Å². The van der Waals surface area contributed by atoms with Gasteiger partial charge in [-0.3, -0.25) is 14.5 Å². The van der Waals surface area contributed by atoms with Crippen LogP contribution in [0.15, 0.2) is 28.7 Å². The Hall–Kier alpha value is -2.41. The summed E-state index contributed by atoms with van der Waals surface area (Å²) in [5, 5.41) is 2.78. The smallest absolute Gasteiger partial charge is 0.236 e. The van der Waals surface area contributed by atoms with E-state index in [4.69, 9.17) is 4.42 Å². The number of rotatable bonds is 7. The quantitative estimate of drug-likeness (QED) is 0.804. The summed E-state index contributed by atoms with van der Waals surface area (Å²) in [6.07, 6.45) is 1.70. The average molecular weight is 372 g/mol. The highest BCUT2D eigenvalue weighted by Gasteiger charge is 2.27. The molecule has 1 fully saturated rings. The third-order valence-corrected chi connectivity index (χ3v) is 5.05. The number of hydrogen-bond donors (Lipinski definition) is 1. The third-order valence-electron chi connectivity index (χ3n) is 5.05. The van der Waals surface area contributed by atoms with Crippen LogP contribution in [0.25, 0.3) is 11.1 Å². The summed E-state index contributed by atoms with van der Waals surface area (Å²) in [5.74, 6) is 1.06. The lowest BCUT2D eigenvalue weighted by atomic mass is 9.96. The minimum absolute atomic E-state index is 0.0400. The lowest BCUT2D eigenvalue weighted by Crippen LogP contribution is -2.46. The van der Waals surface area contributed by atoms with E-state index in [1.54, 1.807) is 0 Å². The molecule has 1 N–H and O–H groups in total. The number of carbonyl (C=O) groups is 2. The first-order valence-corrected chi connectivity index (χ1v) is 9.73. The van der Waals surface area contributed by atoms with E-state index in [2.05, 4.69) is 10.3 Å². The summed E-state index contributed by atoms with van der Waals surface area (Å²) >= 11 is 0. The molecule has 27 heavy (non-hydrogen) atoms. The highest BCUT2D eigenvalue weighted by molar-refractivity contribution is 5.81. The van der Waals surface area contributed by atoms with Crippen molar-refractivity contribution in [3.63, 3.8) is 0 Å². The summed E-state index contributed by atoms with van der Waals surface area (Å²) in [4.78, 5) is 32.7. The Morgan fingerprint density at radius 2 is 1.96 bits per heavy atom. The Kier molecular flexibility index (Phi) is 6.45. The second-order valence-corrected chi connectivity index (χ2v) is 6.93. The van der Waals surface area contributed by atoms with Gasteiger partial charge in [0.05, 0.1) is 13.1 Å². The van der Waals surface area contributed by atoms with Crippen molar-refractivity contribution in [1.82, 2.24) is 20.1 Å². The fraction of sp³-hybridized carbons (Fsp3) is 0.550.